The Kier molecular flexibility index (Phi) is 4.87. The van der Waals surface area contributed by atoms with E-state index >= 15 is 0 Å². The minimum Gasteiger partial charge on any atom is -0.511 e. The molecule has 2 aliphatic rings. The van der Waals surface area contributed by atoms with E-state index in [1.165, 1.54) is 19.1 Å². The normalized spacial score (nSPS) is 19.7. The molecule has 0 radical (unpaired) electrons. The van der Waals surface area contributed by atoms with Gasteiger partial charge in [-0.2, -0.15) is 0 Å². The van der Waals surface area contributed by atoms with Crippen LogP contribution in [0, 0.1) is 5.41 Å². The van der Waals surface area contributed by atoms with Crippen molar-refractivity contribution < 1.29 is 9.90 Å². The van der Waals surface area contributed by atoms with Crippen LogP contribution >= 0.6 is 0 Å². The number of ketones is 1. The summed E-state index contributed by atoms with van der Waals surface area (Å²) in [6.45, 7) is 4.93. The molecule has 0 amide bonds. The molecule has 0 saturated heterocycles. The highest BCUT2D eigenvalue weighted by atomic mass is 16.3. The summed E-state index contributed by atoms with van der Waals surface area (Å²) in [5.74, 6) is 2.04. The number of nitrogens with zero attached hydrogens (tertiary/aromatic N) is 4. The summed E-state index contributed by atoms with van der Waals surface area (Å²) < 4.78 is 2.22. The SMILES string of the molecule is CC1(C)CC(=O)C(C=Nc2ccc(-c3nnc4n3CCCCC4)cc2)=C(O)C1. The molecule has 2 heterocycles. The smallest absolute Gasteiger partial charge is 0.168 e. The van der Waals surface area contributed by atoms with Crippen molar-refractivity contribution in [3.8, 4) is 11.4 Å². The zero-order valence-electron chi connectivity index (χ0n) is 16.5. The van der Waals surface area contributed by atoms with E-state index in [1.54, 1.807) is 0 Å². The lowest BCUT2D eigenvalue weighted by atomic mass is 9.77. The number of hydrogen-bond donors (Lipinski definition) is 1. The maximum atomic E-state index is 12.3. The van der Waals surface area contributed by atoms with Crippen LogP contribution in [0.15, 0.2) is 40.6 Å². The fraction of sp³-hybridized carbons (Fsp3) is 0.455. The second-order valence-electron chi connectivity index (χ2n) is 8.51. The summed E-state index contributed by atoms with van der Waals surface area (Å²) >= 11 is 0. The fourth-order valence-electron chi connectivity index (χ4n) is 3.98. The largest absolute Gasteiger partial charge is 0.511 e. The van der Waals surface area contributed by atoms with Crippen LogP contribution in [0.5, 0.6) is 0 Å². The molecule has 2 aromatic rings. The Morgan fingerprint density at radius 3 is 2.64 bits per heavy atom. The Balaban J connectivity index is 1.54. The lowest BCUT2D eigenvalue weighted by Gasteiger charge is -2.28. The summed E-state index contributed by atoms with van der Waals surface area (Å²) in [7, 11) is 0. The van der Waals surface area contributed by atoms with Gasteiger partial charge in [-0.25, -0.2) is 0 Å². The van der Waals surface area contributed by atoms with E-state index in [0.717, 1.165) is 42.3 Å². The number of aliphatic hydroxyl groups excluding tert-OH is 1. The van der Waals surface area contributed by atoms with Gasteiger partial charge in [-0.3, -0.25) is 9.79 Å². The van der Waals surface area contributed by atoms with E-state index in [2.05, 4.69) is 19.8 Å². The van der Waals surface area contributed by atoms with Crippen molar-refractivity contribution in [1.82, 2.24) is 14.8 Å². The topological polar surface area (TPSA) is 80.4 Å². The zero-order valence-corrected chi connectivity index (χ0v) is 16.5. The molecule has 0 unspecified atom stereocenters. The number of carbonyl (C=O) groups is 1. The molecular weight excluding hydrogens is 352 g/mol. The van der Waals surface area contributed by atoms with E-state index < -0.39 is 0 Å². The van der Waals surface area contributed by atoms with Gasteiger partial charge in [0.05, 0.1) is 11.3 Å². The molecule has 0 saturated carbocycles. The highest BCUT2D eigenvalue weighted by Gasteiger charge is 2.32. The minimum absolute atomic E-state index is 0.0553. The molecule has 1 aromatic carbocycles. The number of aliphatic hydroxyl groups is 1. The maximum absolute atomic E-state index is 12.3. The molecule has 1 N–H and O–H groups in total. The molecule has 0 fully saturated rings. The summed E-state index contributed by atoms with van der Waals surface area (Å²) in [6.07, 6.45) is 6.96. The van der Waals surface area contributed by atoms with Gasteiger partial charge in [0.2, 0.25) is 0 Å². The maximum Gasteiger partial charge on any atom is 0.168 e. The van der Waals surface area contributed by atoms with Crippen LogP contribution in [0.2, 0.25) is 0 Å². The number of aromatic nitrogens is 3. The Bertz CT molecular complexity index is 951. The first kappa shape index (κ1) is 18.6. The second-order valence-corrected chi connectivity index (χ2v) is 8.51. The monoisotopic (exact) mass is 378 g/mol. The molecule has 0 spiro atoms. The molecule has 4 rings (SSSR count). The Labute approximate surface area is 165 Å². The highest BCUT2D eigenvalue weighted by molar-refractivity contribution is 6.14. The number of hydrogen-bond acceptors (Lipinski definition) is 5. The number of carbonyl (C=O) groups excluding carboxylic acids is 1. The van der Waals surface area contributed by atoms with Crippen molar-refractivity contribution in [2.45, 2.75) is 58.9 Å². The van der Waals surface area contributed by atoms with Crippen LogP contribution in [-0.4, -0.2) is 31.9 Å². The molecule has 28 heavy (non-hydrogen) atoms. The van der Waals surface area contributed by atoms with Crippen LogP contribution in [0.1, 0.15) is 51.8 Å². The number of Topliss-reactive ketones (excluding diaryl/α,β-unsaturated/α-hetero) is 1. The number of aliphatic imine (C=N–C) groups is 1. The second kappa shape index (κ2) is 7.34. The molecule has 146 valence electrons. The van der Waals surface area contributed by atoms with Crippen LogP contribution in [0.3, 0.4) is 0 Å². The number of fused-ring (bicyclic) bond motifs is 1. The van der Waals surface area contributed by atoms with Gasteiger partial charge in [0, 0.05) is 37.6 Å². The van der Waals surface area contributed by atoms with Crippen molar-refractivity contribution in [1.29, 1.82) is 0 Å². The van der Waals surface area contributed by atoms with Crippen molar-refractivity contribution >= 4 is 17.7 Å². The van der Waals surface area contributed by atoms with Crippen LogP contribution < -0.4 is 0 Å². The Morgan fingerprint density at radius 1 is 1.11 bits per heavy atom. The van der Waals surface area contributed by atoms with E-state index in [9.17, 15) is 9.90 Å². The number of allylic oxidation sites excluding steroid dienone is 2. The van der Waals surface area contributed by atoms with E-state index in [4.69, 9.17) is 0 Å². The lowest BCUT2D eigenvalue weighted by molar-refractivity contribution is -0.117. The number of rotatable bonds is 3. The Hall–Kier alpha value is -2.76. The standard InChI is InChI=1S/C22H26N4O2/c1-22(2)12-18(27)17(19(28)13-22)14-23-16-9-7-15(8-10-16)21-25-24-20-6-4-3-5-11-26(20)21/h7-10,14,27H,3-6,11-13H2,1-2H3. The number of aryl methyl sites for hydroxylation is 1. The number of benzene rings is 1. The molecule has 0 atom stereocenters. The zero-order chi connectivity index (χ0) is 19.7. The third kappa shape index (κ3) is 3.77. The molecule has 1 aliphatic carbocycles. The molecule has 0 bridgehead atoms. The molecule has 6 nitrogen and oxygen atoms in total. The van der Waals surface area contributed by atoms with Gasteiger partial charge in [0.25, 0.3) is 0 Å². The van der Waals surface area contributed by atoms with E-state index in [-0.39, 0.29) is 17.0 Å². The van der Waals surface area contributed by atoms with Gasteiger partial charge in [0.1, 0.15) is 11.6 Å². The predicted octanol–water partition coefficient (Wildman–Crippen LogP) is 4.58. The van der Waals surface area contributed by atoms with Crippen molar-refractivity contribution in [3.05, 3.63) is 41.4 Å². The predicted molar refractivity (Wildman–Crippen MR) is 109 cm³/mol. The van der Waals surface area contributed by atoms with Gasteiger partial charge in [0.15, 0.2) is 11.6 Å². The van der Waals surface area contributed by atoms with Crippen molar-refractivity contribution in [2.24, 2.45) is 10.4 Å². The quantitative estimate of drug-likeness (QED) is 0.793. The molecule has 1 aromatic heterocycles. The van der Waals surface area contributed by atoms with Crippen LogP contribution in [0.25, 0.3) is 11.4 Å². The van der Waals surface area contributed by atoms with Crippen LogP contribution in [0.4, 0.5) is 5.69 Å². The average molecular weight is 378 g/mol. The minimum atomic E-state index is -0.198. The molecule has 1 aliphatic heterocycles. The first-order valence-corrected chi connectivity index (χ1v) is 9.95. The van der Waals surface area contributed by atoms with Gasteiger partial charge in [-0.05, 0) is 42.5 Å². The summed E-state index contributed by atoms with van der Waals surface area (Å²) in [5, 5.41) is 18.9. The van der Waals surface area contributed by atoms with E-state index in [1.807, 2.05) is 38.1 Å². The third-order valence-electron chi connectivity index (χ3n) is 5.47. The van der Waals surface area contributed by atoms with Gasteiger partial charge < -0.3 is 9.67 Å². The average Bonchev–Trinajstić information content (AvgIpc) is 2.89. The van der Waals surface area contributed by atoms with Gasteiger partial charge in [-0.15, -0.1) is 10.2 Å². The summed E-state index contributed by atoms with van der Waals surface area (Å²) in [5.41, 5.74) is 1.87. The molecule has 6 heteroatoms. The van der Waals surface area contributed by atoms with Gasteiger partial charge in [-0.1, -0.05) is 20.3 Å². The van der Waals surface area contributed by atoms with Crippen molar-refractivity contribution in [3.63, 3.8) is 0 Å². The van der Waals surface area contributed by atoms with E-state index in [0.29, 0.717) is 18.4 Å². The summed E-state index contributed by atoms with van der Waals surface area (Å²) in [6, 6.07) is 7.77. The Morgan fingerprint density at radius 2 is 1.89 bits per heavy atom. The highest BCUT2D eigenvalue weighted by Crippen LogP contribution is 2.35. The molecular formula is C22H26N4O2. The first-order valence-electron chi connectivity index (χ1n) is 9.95. The fourth-order valence-corrected chi connectivity index (χ4v) is 3.98. The summed E-state index contributed by atoms with van der Waals surface area (Å²) in [4.78, 5) is 16.7. The van der Waals surface area contributed by atoms with Crippen LogP contribution in [-0.2, 0) is 17.8 Å². The van der Waals surface area contributed by atoms with Gasteiger partial charge >= 0.3 is 0 Å². The lowest BCUT2D eigenvalue weighted by Crippen LogP contribution is -2.26. The third-order valence-corrected chi connectivity index (χ3v) is 5.47. The van der Waals surface area contributed by atoms with Crippen molar-refractivity contribution in [2.75, 3.05) is 0 Å². The first-order chi connectivity index (χ1) is 13.4.